The summed E-state index contributed by atoms with van der Waals surface area (Å²) >= 11 is 0. The fourth-order valence-corrected chi connectivity index (χ4v) is 4.84. The maximum atomic E-state index is 13.6. The lowest BCUT2D eigenvalue weighted by Crippen LogP contribution is -2.29. The van der Waals surface area contributed by atoms with Gasteiger partial charge in [0.25, 0.3) is 11.7 Å². The summed E-state index contributed by atoms with van der Waals surface area (Å²) in [6.07, 6.45) is 0. The van der Waals surface area contributed by atoms with Gasteiger partial charge in [-0.15, -0.1) is 0 Å². The first-order valence-corrected chi connectivity index (χ1v) is 13.0. The van der Waals surface area contributed by atoms with Gasteiger partial charge in [-0.1, -0.05) is 77.9 Å². The van der Waals surface area contributed by atoms with Gasteiger partial charge in [-0.3, -0.25) is 14.5 Å². The van der Waals surface area contributed by atoms with E-state index in [1.54, 1.807) is 18.2 Å². The van der Waals surface area contributed by atoms with E-state index in [1.165, 1.54) is 19.1 Å². The fraction of sp³-hybridized carbons (Fsp3) is 0.333. The Morgan fingerprint density at radius 2 is 1.31 bits per heavy atom. The van der Waals surface area contributed by atoms with Crippen molar-refractivity contribution in [3.8, 4) is 11.5 Å². The number of carbonyl (C=O) groups excluding carboxylic acids is 2. The molecule has 1 saturated heterocycles. The number of Topliss-reactive ketones (excluding diaryl/α,β-unsaturated/α-hetero) is 1. The van der Waals surface area contributed by atoms with Crippen molar-refractivity contribution in [1.29, 1.82) is 0 Å². The lowest BCUT2D eigenvalue weighted by molar-refractivity contribution is -0.132. The number of hydrogen-bond acceptors (Lipinski definition) is 5. The van der Waals surface area contributed by atoms with Crippen molar-refractivity contribution in [2.75, 3.05) is 19.1 Å². The molecule has 1 fully saturated rings. The minimum Gasteiger partial charge on any atom is -0.507 e. The van der Waals surface area contributed by atoms with E-state index in [-0.39, 0.29) is 22.2 Å². The van der Waals surface area contributed by atoms with Crippen molar-refractivity contribution in [2.24, 2.45) is 0 Å². The molecule has 0 aliphatic carbocycles. The molecular formula is C33H37NO5. The highest BCUT2D eigenvalue weighted by Crippen LogP contribution is 2.44. The van der Waals surface area contributed by atoms with Crippen molar-refractivity contribution in [3.05, 3.63) is 94.6 Å². The van der Waals surface area contributed by atoms with Crippen molar-refractivity contribution >= 4 is 23.1 Å². The summed E-state index contributed by atoms with van der Waals surface area (Å²) in [6.45, 7) is 12.7. The summed E-state index contributed by atoms with van der Waals surface area (Å²) in [5.41, 5.74) is 3.69. The number of rotatable bonds is 5. The molecule has 0 radical (unpaired) electrons. The minimum atomic E-state index is -0.827. The van der Waals surface area contributed by atoms with E-state index in [0.717, 1.165) is 16.7 Å². The standard InChI is InChI=1S/C33H37NO5/c1-32(2,3)21-11-9-20(10-12-21)28-27(29(35)25-18-17-24(38-7)19-26(25)39-8)30(36)31(37)34(28)23-15-13-22(14-16-23)33(4,5)6/h9-19,28,35H,1-8H3/b29-27-. The highest BCUT2D eigenvalue weighted by atomic mass is 16.5. The number of benzene rings is 3. The molecule has 39 heavy (non-hydrogen) atoms. The van der Waals surface area contributed by atoms with Crippen LogP contribution in [0.15, 0.2) is 72.3 Å². The first-order valence-electron chi connectivity index (χ1n) is 13.0. The number of aliphatic hydroxyl groups excluding tert-OH is 1. The fourth-order valence-electron chi connectivity index (χ4n) is 4.84. The van der Waals surface area contributed by atoms with Gasteiger partial charge in [0.2, 0.25) is 0 Å². The van der Waals surface area contributed by atoms with Crippen LogP contribution in [0.25, 0.3) is 5.76 Å². The van der Waals surface area contributed by atoms with Crippen LogP contribution < -0.4 is 14.4 Å². The highest BCUT2D eigenvalue weighted by Gasteiger charge is 2.47. The molecule has 3 aromatic rings. The monoisotopic (exact) mass is 527 g/mol. The number of aliphatic hydroxyl groups is 1. The van der Waals surface area contributed by atoms with Crippen molar-refractivity contribution in [3.63, 3.8) is 0 Å². The van der Waals surface area contributed by atoms with Gasteiger partial charge in [0.05, 0.1) is 31.4 Å². The summed E-state index contributed by atoms with van der Waals surface area (Å²) < 4.78 is 10.8. The Balaban J connectivity index is 1.93. The van der Waals surface area contributed by atoms with E-state index in [4.69, 9.17) is 9.47 Å². The lowest BCUT2D eigenvalue weighted by atomic mass is 9.85. The number of hydrogen-bond donors (Lipinski definition) is 1. The van der Waals surface area contributed by atoms with Gasteiger partial charge in [0.15, 0.2) is 0 Å². The zero-order valence-electron chi connectivity index (χ0n) is 24.0. The summed E-state index contributed by atoms with van der Waals surface area (Å²) in [5, 5.41) is 11.6. The molecule has 0 aromatic heterocycles. The van der Waals surface area contributed by atoms with E-state index in [0.29, 0.717) is 22.7 Å². The van der Waals surface area contributed by atoms with Crippen LogP contribution in [0.3, 0.4) is 0 Å². The van der Waals surface area contributed by atoms with Crippen molar-refractivity contribution in [2.45, 2.75) is 58.4 Å². The quantitative estimate of drug-likeness (QED) is 0.221. The largest absolute Gasteiger partial charge is 0.507 e. The number of nitrogens with zero attached hydrogens (tertiary/aromatic N) is 1. The van der Waals surface area contributed by atoms with E-state index in [9.17, 15) is 14.7 Å². The molecule has 3 aromatic carbocycles. The first-order chi connectivity index (χ1) is 18.3. The minimum absolute atomic E-state index is 0.00636. The zero-order valence-corrected chi connectivity index (χ0v) is 24.0. The number of anilines is 1. The van der Waals surface area contributed by atoms with E-state index >= 15 is 0 Å². The van der Waals surface area contributed by atoms with Gasteiger partial charge in [-0.25, -0.2) is 0 Å². The van der Waals surface area contributed by atoms with Gasteiger partial charge in [0.1, 0.15) is 17.3 Å². The second-order valence-electron chi connectivity index (χ2n) is 11.9. The van der Waals surface area contributed by atoms with Gasteiger partial charge in [-0.05, 0) is 51.8 Å². The number of carbonyl (C=O) groups is 2. The Kier molecular flexibility index (Phi) is 7.35. The molecule has 1 atom stereocenters. The molecule has 1 heterocycles. The predicted molar refractivity (Wildman–Crippen MR) is 155 cm³/mol. The van der Waals surface area contributed by atoms with E-state index < -0.39 is 17.7 Å². The van der Waals surface area contributed by atoms with E-state index in [2.05, 4.69) is 41.5 Å². The summed E-state index contributed by atoms with van der Waals surface area (Å²) in [5.74, 6) is -0.884. The maximum absolute atomic E-state index is 13.6. The third-order valence-corrected chi connectivity index (χ3v) is 7.21. The van der Waals surface area contributed by atoms with Crippen LogP contribution in [0.1, 0.15) is 69.8 Å². The van der Waals surface area contributed by atoms with Gasteiger partial charge in [0, 0.05) is 11.8 Å². The number of amides is 1. The average molecular weight is 528 g/mol. The molecule has 1 amide bonds. The second-order valence-corrected chi connectivity index (χ2v) is 11.9. The topological polar surface area (TPSA) is 76.1 Å². The number of ether oxygens (including phenoxy) is 2. The first kappa shape index (κ1) is 28.0. The molecule has 1 aliphatic rings. The van der Waals surface area contributed by atoms with Crippen LogP contribution in [0.4, 0.5) is 5.69 Å². The molecule has 1 N–H and O–H groups in total. The lowest BCUT2D eigenvalue weighted by Gasteiger charge is -2.27. The number of ketones is 1. The molecule has 1 unspecified atom stereocenters. The predicted octanol–water partition coefficient (Wildman–Crippen LogP) is 6.93. The van der Waals surface area contributed by atoms with Crippen molar-refractivity contribution < 1.29 is 24.2 Å². The Labute approximate surface area is 230 Å². The van der Waals surface area contributed by atoms with Crippen LogP contribution >= 0.6 is 0 Å². The molecule has 1 aliphatic heterocycles. The Hall–Kier alpha value is -4.06. The molecular weight excluding hydrogens is 490 g/mol. The van der Waals surface area contributed by atoms with Crippen LogP contribution in [-0.2, 0) is 20.4 Å². The molecule has 6 nitrogen and oxygen atoms in total. The molecule has 0 saturated carbocycles. The molecule has 0 bridgehead atoms. The molecule has 0 spiro atoms. The molecule has 6 heteroatoms. The Bertz CT molecular complexity index is 1420. The average Bonchev–Trinajstić information content (AvgIpc) is 3.17. The SMILES string of the molecule is COc1ccc(/C(O)=C2/C(=O)C(=O)N(c3ccc(C(C)(C)C)cc3)C2c2ccc(C(C)(C)C)cc2)c(OC)c1. The Morgan fingerprint density at radius 3 is 1.79 bits per heavy atom. The zero-order chi connectivity index (χ0) is 28.7. The van der Waals surface area contributed by atoms with Crippen LogP contribution in [-0.4, -0.2) is 31.0 Å². The number of methoxy groups -OCH3 is 2. The molecule has 204 valence electrons. The van der Waals surface area contributed by atoms with Crippen LogP contribution in [0, 0.1) is 0 Å². The third-order valence-electron chi connectivity index (χ3n) is 7.21. The van der Waals surface area contributed by atoms with Crippen LogP contribution in [0.5, 0.6) is 11.5 Å². The second kappa shape index (κ2) is 10.3. The summed E-state index contributed by atoms with van der Waals surface area (Å²) in [4.78, 5) is 28.6. The van der Waals surface area contributed by atoms with Gasteiger partial charge >= 0.3 is 0 Å². The van der Waals surface area contributed by atoms with E-state index in [1.807, 2.05) is 48.5 Å². The maximum Gasteiger partial charge on any atom is 0.300 e. The molecule has 4 rings (SSSR count). The normalized spacial score (nSPS) is 17.4. The van der Waals surface area contributed by atoms with Crippen molar-refractivity contribution in [1.82, 2.24) is 0 Å². The summed E-state index contributed by atoms with van der Waals surface area (Å²) in [7, 11) is 3.01. The third kappa shape index (κ3) is 5.29. The Morgan fingerprint density at radius 1 is 0.769 bits per heavy atom. The van der Waals surface area contributed by atoms with Gasteiger partial charge in [-0.2, -0.15) is 0 Å². The smallest absolute Gasteiger partial charge is 0.300 e. The summed E-state index contributed by atoms with van der Waals surface area (Å²) in [6, 6.07) is 19.6. The van der Waals surface area contributed by atoms with Gasteiger partial charge < -0.3 is 14.6 Å². The van der Waals surface area contributed by atoms with Crippen LogP contribution in [0.2, 0.25) is 0 Å². The highest BCUT2D eigenvalue weighted by molar-refractivity contribution is 6.51.